The van der Waals surface area contributed by atoms with E-state index in [-0.39, 0.29) is 0 Å². The van der Waals surface area contributed by atoms with Gasteiger partial charge in [-0.1, -0.05) is 95.4 Å². The van der Waals surface area contributed by atoms with Crippen LogP contribution in [0.1, 0.15) is 95.4 Å². The van der Waals surface area contributed by atoms with E-state index in [1.54, 1.807) is 0 Å². The zero-order chi connectivity index (χ0) is 15.4. The number of rotatable bonds is 3. The van der Waals surface area contributed by atoms with E-state index >= 15 is 0 Å². The number of hydrogen-bond donors (Lipinski definition) is 0. The summed E-state index contributed by atoms with van der Waals surface area (Å²) in [6.45, 7) is 24.7. The van der Waals surface area contributed by atoms with E-state index in [0.29, 0.717) is 5.41 Å². The second kappa shape index (κ2) is 13.4. The first-order valence-electron chi connectivity index (χ1n) is 8.01. The largest absolute Gasteiger partial charge is 0.0651 e. The smallest absolute Gasteiger partial charge is 0.0385 e. The molecule has 0 aromatic carbocycles. The monoisotopic (exact) mass is 258 g/mol. The van der Waals surface area contributed by atoms with Crippen molar-refractivity contribution in [2.45, 2.75) is 95.4 Å². The van der Waals surface area contributed by atoms with E-state index in [2.05, 4.69) is 76.2 Å². The Hall–Kier alpha value is 0. The van der Waals surface area contributed by atoms with Crippen LogP contribution in [0.25, 0.3) is 0 Å². The maximum absolute atomic E-state index is 2.30. The van der Waals surface area contributed by atoms with Crippen LogP contribution in [-0.2, 0) is 0 Å². The van der Waals surface area contributed by atoms with E-state index in [0.717, 1.165) is 17.8 Å². The molecule has 0 heteroatoms. The lowest BCUT2D eigenvalue weighted by Gasteiger charge is -2.12. The Kier molecular flexibility index (Phi) is 17.3. The summed E-state index contributed by atoms with van der Waals surface area (Å²) in [6.07, 6.45) is 3.89. The average Bonchev–Trinajstić information content (AvgIpc) is 2.28. The molecule has 0 aromatic heterocycles. The van der Waals surface area contributed by atoms with Gasteiger partial charge in [-0.3, -0.25) is 0 Å². The highest BCUT2D eigenvalue weighted by Gasteiger charge is 2.03. The van der Waals surface area contributed by atoms with E-state index in [1.807, 2.05) is 0 Å². The second-order valence-electron chi connectivity index (χ2n) is 7.35. The van der Waals surface area contributed by atoms with Gasteiger partial charge < -0.3 is 0 Å². The lowest BCUT2D eigenvalue weighted by molar-refractivity contribution is 0.398. The van der Waals surface area contributed by atoms with Gasteiger partial charge in [-0.05, 0) is 23.2 Å². The fourth-order valence-electron chi connectivity index (χ4n) is 0.471. The first-order valence-corrected chi connectivity index (χ1v) is 8.01. The zero-order valence-electron chi connectivity index (χ0n) is 15.4. The lowest BCUT2D eigenvalue weighted by atomic mass is 9.94. The van der Waals surface area contributed by atoms with E-state index in [9.17, 15) is 0 Å². The van der Waals surface area contributed by atoms with Crippen molar-refractivity contribution < 1.29 is 0 Å². The minimum absolute atomic E-state index is 0.542. The average molecular weight is 259 g/mol. The van der Waals surface area contributed by atoms with Crippen LogP contribution in [0, 0.1) is 23.2 Å². The molecule has 0 N–H and O–H groups in total. The summed E-state index contributed by atoms with van der Waals surface area (Å²) in [6, 6.07) is 0. The van der Waals surface area contributed by atoms with Crippen LogP contribution in [0.2, 0.25) is 0 Å². The summed E-state index contributed by atoms with van der Waals surface area (Å²) in [5.74, 6) is 2.65. The molecule has 0 bridgehead atoms. The molecule has 0 saturated heterocycles. The molecule has 0 rings (SSSR count). The van der Waals surface area contributed by atoms with E-state index in [1.165, 1.54) is 19.3 Å². The fourth-order valence-corrected chi connectivity index (χ4v) is 0.471. The quantitative estimate of drug-likeness (QED) is 0.503. The van der Waals surface area contributed by atoms with Crippen LogP contribution >= 0.6 is 0 Å². The highest BCUT2D eigenvalue weighted by atomic mass is 14.1. The maximum Gasteiger partial charge on any atom is -0.0385 e. The van der Waals surface area contributed by atoms with Crippen molar-refractivity contribution in [3.8, 4) is 0 Å². The molecule has 1 unspecified atom stereocenters. The third kappa shape index (κ3) is 29.8. The van der Waals surface area contributed by atoms with Gasteiger partial charge >= 0.3 is 0 Å². The van der Waals surface area contributed by atoms with Crippen molar-refractivity contribution in [3.63, 3.8) is 0 Å². The van der Waals surface area contributed by atoms with Crippen LogP contribution in [0.15, 0.2) is 0 Å². The lowest BCUT2D eigenvalue weighted by Crippen LogP contribution is -2.00. The molecule has 114 valence electrons. The first kappa shape index (κ1) is 23.1. The topological polar surface area (TPSA) is 0 Å². The molecule has 0 aromatic rings. The summed E-state index contributed by atoms with van der Waals surface area (Å²) >= 11 is 0. The van der Waals surface area contributed by atoms with Gasteiger partial charge in [0, 0.05) is 0 Å². The van der Waals surface area contributed by atoms with Crippen LogP contribution in [-0.4, -0.2) is 0 Å². The Morgan fingerprint density at radius 3 is 1.00 bits per heavy atom. The molecule has 0 aliphatic rings. The molecule has 0 fully saturated rings. The highest BCUT2D eigenvalue weighted by molar-refractivity contribution is 4.55. The molecular formula is C18H42. The molecular weight excluding hydrogens is 216 g/mol. The second-order valence-corrected chi connectivity index (χ2v) is 7.35. The minimum atomic E-state index is 0.542. The van der Waals surface area contributed by atoms with Gasteiger partial charge in [0.15, 0.2) is 0 Å². The molecule has 0 aliphatic carbocycles. The summed E-state index contributed by atoms with van der Waals surface area (Å²) in [7, 11) is 0. The van der Waals surface area contributed by atoms with Crippen LogP contribution in [0.5, 0.6) is 0 Å². The zero-order valence-corrected chi connectivity index (χ0v) is 15.4. The number of hydrogen-bond acceptors (Lipinski definition) is 0. The Balaban J connectivity index is -0.000000190. The SMILES string of the molecule is CCC(C)(C)C.CCC(C)C.CCC(C)C(C)C. The van der Waals surface area contributed by atoms with Gasteiger partial charge in [-0.15, -0.1) is 0 Å². The van der Waals surface area contributed by atoms with Crippen molar-refractivity contribution in [3.05, 3.63) is 0 Å². The summed E-state index contributed by atoms with van der Waals surface area (Å²) in [5.41, 5.74) is 0.542. The predicted molar refractivity (Wildman–Crippen MR) is 89.2 cm³/mol. The van der Waals surface area contributed by atoms with Crippen molar-refractivity contribution >= 4 is 0 Å². The predicted octanol–water partition coefficient (Wildman–Crippen LogP) is 7.18. The van der Waals surface area contributed by atoms with Gasteiger partial charge in [-0.2, -0.15) is 0 Å². The van der Waals surface area contributed by atoms with Crippen molar-refractivity contribution in [1.29, 1.82) is 0 Å². The van der Waals surface area contributed by atoms with Crippen molar-refractivity contribution in [2.24, 2.45) is 23.2 Å². The highest BCUT2D eigenvalue weighted by Crippen LogP contribution is 2.16. The van der Waals surface area contributed by atoms with Gasteiger partial charge in [0.2, 0.25) is 0 Å². The molecule has 0 radical (unpaired) electrons. The van der Waals surface area contributed by atoms with Crippen LogP contribution in [0.3, 0.4) is 0 Å². The third-order valence-corrected chi connectivity index (χ3v) is 3.66. The van der Waals surface area contributed by atoms with Crippen LogP contribution < -0.4 is 0 Å². The van der Waals surface area contributed by atoms with Gasteiger partial charge in [0.05, 0.1) is 0 Å². The molecule has 0 saturated carbocycles. The van der Waals surface area contributed by atoms with Crippen molar-refractivity contribution in [2.75, 3.05) is 0 Å². The standard InChI is InChI=1S/C7H16.C6H14.C5H12/c1-5-7(4)6(2)3;1-5-6(2,3)4;1-4-5(2)3/h6-7H,5H2,1-4H3;5H2,1-4H3;5H,4H2,1-3H3. The summed E-state index contributed by atoms with van der Waals surface area (Å²) in [5, 5.41) is 0. The Morgan fingerprint density at radius 1 is 0.722 bits per heavy atom. The molecule has 0 spiro atoms. The molecule has 0 amide bonds. The minimum Gasteiger partial charge on any atom is -0.0651 e. The fraction of sp³-hybridized carbons (Fsp3) is 1.00. The molecule has 0 heterocycles. The molecule has 0 aliphatic heterocycles. The normalized spacial score (nSPS) is 12.5. The maximum atomic E-state index is 2.30. The molecule has 18 heavy (non-hydrogen) atoms. The Labute approximate surface area is 119 Å². The first-order chi connectivity index (χ1) is 8.01. The summed E-state index contributed by atoms with van der Waals surface area (Å²) < 4.78 is 0. The van der Waals surface area contributed by atoms with E-state index in [4.69, 9.17) is 0 Å². The van der Waals surface area contributed by atoms with Gasteiger partial charge in [0.25, 0.3) is 0 Å². The third-order valence-electron chi connectivity index (χ3n) is 3.66. The Morgan fingerprint density at radius 2 is 1.00 bits per heavy atom. The van der Waals surface area contributed by atoms with Gasteiger partial charge in [0.1, 0.15) is 0 Å². The van der Waals surface area contributed by atoms with Gasteiger partial charge in [-0.25, -0.2) is 0 Å². The van der Waals surface area contributed by atoms with E-state index < -0.39 is 0 Å². The summed E-state index contributed by atoms with van der Waals surface area (Å²) in [4.78, 5) is 0. The van der Waals surface area contributed by atoms with Crippen molar-refractivity contribution in [1.82, 2.24) is 0 Å². The molecule has 1 atom stereocenters. The van der Waals surface area contributed by atoms with Crippen LogP contribution in [0.4, 0.5) is 0 Å². The Bertz CT molecular complexity index is 137. The molecule has 0 nitrogen and oxygen atoms in total.